The fourth-order valence-electron chi connectivity index (χ4n) is 2.54. The van der Waals surface area contributed by atoms with Gasteiger partial charge in [0.15, 0.2) is 0 Å². The van der Waals surface area contributed by atoms with Crippen LogP contribution >= 0.6 is 0 Å². The summed E-state index contributed by atoms with van der Waals surface area (Å²) in [4.78, 5) is 0.0633. The Kier molecular flexibility index (Phi) is 5.24. The number of nitrogens with one attached hydrogen (secondary N) is 2. The van der Waals surface area contributed by atoms with Crippen LogP contribution in [-0.2, 0) is 27.1 Å². The van der Waals surface area contributed by atoms with Gasteiger partial charge in [-0.3, -0.25) is 9.40 Å². The molecular weight excluding hydrogens is 376 g/mol. The van der Waals surface area contributed by atoms with Crippen LogP contribution < -0.4 is 9.44 Å². The van der Waals surface area contributed by atoms with Gasteiger partial charge < -0.3 is 0 Å². The minimum absolute atomic E-state index is 0.0211. The molecule has 0 atom stereocenters. The Morgan fingerprint density at radius 3 is 2.15 bits per heavy atom. The first kappa shape index (κ1) is 20.4. The predicted molar refractivity (Wildman–Crippen MR) is 100 cm³/mol. The lowest BCUT2D eigenvalue weighted by atomic mass is 10.1. The number of aryl methyl sites for hydroxylation is 2. The quantitative estimate of drug-likeness (QED) is 0.797. The number of rotatable bonds is 5. The maximum Gasteiger partial charge on any atom is 0.265 e. The van der Waals surface area contributed by atoms with Crippen LogP contribution in [0, 0.1) is 13.8 Å². The third-order valence-electron chi connectivity index (χ3n) is 3.55. The number of anilines is 1. The summed E-state index contributed by atoms with van der Waals surface area (Å²) in [6.07, 6.45) is 0. The molecule has 0 amide bonds. The fourth-order valence-corrected chi connectivity index (χ4v) is 5.49. The van der Waals surface area contributed by atoms with Gasteiger partial charge in [-0.25, -0.2) is 21.6 Å². The highest BCUT2D eigenvalue weighted by atomic mass is 32.2. The molecule has 1 heterocycles. The van der Waals surface area contributed by atoms with Crippen LogP contribution in [-0.4, -0.2) is 32.2 Å². The average molecular weight is 401 g/mol. The first-order chi connectivity index (χ1) is 11.7. The van der Waals surface area contributed by atoms with Crippen molar-refractivity contribution in [2.45, 2.75) is 49.9 Å². The van der Waals surface area contributed by atoms with Gasteiger partial charge in [-0.15, -0.1) is 0 Å². The summed E-state index contributed by atoms with van der Waals surface area (Å²) < 4.78 is 56.8. The van der Waals surface area contributed by atoms with E-state index in [9.17, 15) is 16.8 Å². The second-order valence-corrected chi connectivity index (χ2v) is 10.4. The number of hydrogen-bond donors (Lipinski definition) is 2. The molecule has 26 heavy (non-hydrogen) atoms. The van der Waals surface area contributed by atoms with E-state index in [2.05, 4.69) is 14.5 Å². The maximum atomic E-state index is 12.7. The Morgan fingerprint density at radius 1 is 1.04 bits per heavy atom. The van der Waals surface area contributed by atoms with Gasteiger partial charge >= 0.3 is 0 Å². The van der Waals surface area contributed by atoms with Crippen molar-refractivity contribution in [3.8, 4) is 0 Å². The Hall–Kier alpha value is -1.91. The average Bonchev–Trinajstić information content (AvgIpc) is 2.69. The molecule has 0 saturated heterocycles. The van der Waals surface area contributed by atoms with E-state index in [0.717, 1.165) is 0 Å². The zero-order chi connectivity index (χ0) is 19.9. The Bertz CT molecular complexity index is 1030. The predicted octanol–water partition coefficient (Wildman–Crippen LogP) is 1.91. The molecule has 0 aliphatic rings. The largest absolute Gasteiger partial charge is 0.279 e. The zero-order valence-corrected chi connectivity index (χ0v) is 17.3. The van der Waals surface area contributed by atoms with Crippen LogP contribution in [0.2, 0.25) is 0 Å². The Balaban J connectivity index is 2.40. The van der Waals surface area contributed by atoms with Crippen molar-refractivity contribution in [2.24, 2.45) is 7.05 Å². The fraction of sp³-hybridized carbons (Fsp3) is 0.438. The first-order valence-corrected chi connectivity index (χ1v) is 10.9. The molecule has 0 saturated carbocycles. The molecule has 0 bridgehead atoms. The smallest absolute Gasteiger partial charge is 0.265 e. The molecule has 10 heteroatoms. The van der Waals surface area contributed by atoms with Crippen LogP contribution in [0.5, 0.6) is 0 Å². The summed E-state index contributed by atoms with van der Waals surface area (Å²) in [5.41, 5.74) is 0.367. The minimum Gasteiger partial charge on any atom is -0.279 e. The summed E-state index contributed by atoms with van der Waals surface area (Å²) in [6.45, 7) is 8.44. The molecule has 2 aromatic rings. The van der Waals surface area contributed by atoms with Gasteiger partial charge in [0.1, 0.15) is 4.90 Å². The molecule has 0 fully saturated rings. The molecule has 0 aliphatic heterocycles. The molecule has 0 radical (unpaired) electrons. The van der Waals surface area contributed by atoms with Crippen LogP contribution in [0.4, 0.5) is 5.69 Å². The van der Waals surface area contributed by atoms with Crippen LogP contribution in [0.1, 0.15) is 32.2 Å². The number of nitrogens with zero attached hydrogens (tertiary/aromatic N) is 2. The maximum absolute atomic E-state index is 12.7. The standard InChI is InChI=1S/C16H24N4O4S2/c1-11-15(12(2)20(6)17-11)26(23,24)18-13-8-7-9-14(10-13)25(21,22)19-16(3,4)5/h7-10,18-19H,1-6H3. The number of benzene rings is 1. The van der Waals surface area contributed by atoms with E-state index in [-0.39, 0.29) is 15.5 Å². The molecule has 1 aromatic heterocycles. The van der Waals surface area contributed by atoms with Crippen molar-refractivity contribution in [2.75, 3.05) is 4.72 Å². The van der Waals surface area contributed by atoms with E-state index in [1.54, 1.807) is 41.7 Å². The van der Waals surface area contributed by atoms with Crippen molar-refractivity contribution in [1.82, 2.24) is 14.5 Å². The number of sulfonamides is 2. The van der Waals surface area contributed by atoms with Gasteiger partial charge in [0.25, 0.3) is 10.0 Å². The second-order valence-electron chi connectivity index (χ2n) is 7.11. The first-order valence-electron chi connectivity index (χ1n) is 7.90. The van der Waals surface area contributed by atoms with E-state index < -0.39 is 25.6 Å². The van der Waals surface area contributed by atoms with Crippen molar-refractivity contribution < 1.29 is 16.8 Å². The van der Waals surface area contributed by atoms with Crippen LogP contribution in [0.15, 0.2) is 34.1 Å². The minimum atomic E-state index is -3.90. The van der Waals surface area contributed by atoms with Gasteiger partial charge in [0, 0.05) is 12.6 Å². The molecule has 0 spiro atoms. The van der Waals surface area contributed by atoms with Crippen LogP contribution in [0.3, 0.4) is 0 Å². The third kappa shape index (κ3) is 4.43. The summed E-state index contributed by atoms with van der Waals surface area (Å²) in [7, 11) is -6.01. The van der Waals surface area contributed by atoms with E-state index >= 15 is 0 Å². The van der Waals surface area contributed by atoms with Gasteiger partial charge in [-0.2, -0.15) is 5.10 Å². The second kappa shape index (κ2) is 6.67. The highest BCUT2D eigenvalue weighted by molar-refractivity contribution is 7.92. The van der Waals surface area contributed by atoms with Crippen molar-refractivity contribution in [3.05, 3.63) is 35.7 Å². The summed E-state index contributed by atoms with van der Waals surface area (Å²) in [6, 6.07) is 5.67. The highest BCUT2D eigenvalue weighted by Crippen LogP contribution is 2.24. The SMILES string of the molecule is Cc1nn(C)c(C)c1S(=O)(=O)Nc1cccc(S(=O)(=O)NC(C)(C)C)c1. The Morgan fingerprint density at radius 2 is 1.65 bits per heavy atom. The van der Waals surface area contributed by atoms with Crippen molar-refractivity contribution >= 4 is 25.7 Å². The number of hydrogen-bond acceptors (Lipinski definition) is 5. The summed E-state index contributed by atoms with van der Waals surface area (Å²) in [5.74, 6) is 0. The molecular formula is C16H24N4O4S2. The molecule has 1 aromatic carbocycles. The van der Waals surface area contributed by atoms with E-state index in [4.69, 9.17) is 0 Å². The highest BCUT2D eigenvalue weighted by Gasteiger charge is 2.25. The molecule has 8 nitrogen and oxygen atoms in total. The summed E-state index contributed by atoms with van der Waals surface area (Å²) in [5, 5.41) is 4.11. The normalized spacial score (nSPS) is 13.0. The molecule has 0 unspecified atom stereocenters. The van der Waals surface area contributed by atoms with E-state index in [0.29, 0.717) is 11.4 Å². The van der Waals surface area contributed by atoms with Crippen molar-refractivity contribution in [1.29, 1.82) is 0 Å². The molecule has 144 valence electrons. The van der Waals surface area contributed by atoms with E-state index in [1.165, 1.54) is 28.9 Å². The van der Waals surface area contributed by atoms with Crippen LogP contribution in [0.25, 0.3) is 0 Å². The lowest BCUT2D eigenvalue weighted by Gasteiger charge is -2.20. The van der Waals surface area contributed by atoms with Gasteiger partial charge in [0.05, 0.1) is 22.0 Å². The number of aromatic nitrogens is 2. The molecule has 2 N–H and O–H groups in total. The Labute approximate surface area is 154 Å². The lowest BCUT2D eigenvalue weighted by molar-refractivity contribution is 0.491. The molecule has 0 aliphatic carbocycles. The van der Waals surface area contributed by atoms with Gasteiger partial charge in [0.2, 0.25) is 10.0 Å². The van der Waals surface area contributed by atoms with E-state index in [1.807, 2.05) is 0 Å². The van der Waals surface area contributed by atoms with Gasteiger partial charge in [-0.05, 0) is 52.8 Å². The monoisotopic (exact) mass is 400 g/mol. The lowest BCUT2D eigenvalue weighted by Crippen LogP contribution is -2.40. The third-order valence-corrected chi connectivity index (χ3v) is 6.94. The molecule has 2 rings (SSSR count). The van der Waals surface area contributed by atoms with Crippen molar-refractivity contribution in [3.63, 3.8) is 0 Å². The summed E-state index contributed by atoms with van der Waals surface area (Å²) >= 11 is 0. The van der Waals surface area contributed by atoms with Gasteiger partial charge in [-0.1, -0.05) is 6.07 Å². The zero-order valence-electron chi connectivity index (χ0n) is 15.7. The topological polar surface area (TPSA) is 110 Å².